The minimum absolute atomic E-state index is 0.660. The molecule has 0 spiro atoms. The second-order valence-corrected chi connectivity index (χ2v) is 6.67. The first-order valence-corrected chi connectivity index (χ1v) is 8.61. The van der Waals surface area contributed by atoms with Gasteiger partial charge in [0.1, 0.15) is 5.82 Å². The van der Waals surface area contributed by atoms with Gasteiger partial charge in [0.15, 0.2) is 0 Å². The van der Waals surface area contributed by atoms with Crippen molar-refractivity contribution in [3.8, 4) is 11.3 Å². The summed E-state index contributed by atoms with van der Waals surface area (Å²) in [4.78, 5) is 11.4. The van der Waals surface area contributed by atoms with E-state index in [9.17, 15) is 0 Å². The third-order valence-corrected chi connectivity index (χ3v) is 3.67. The molecule has 2 N–H and O–H groups in total. The summed E-state index contributed by atoms with van der Waals surface area (Å²) in [5, 5.41) is 6.75. The molecule has 0 aliphatic carbocycles. The molecule has 0 saturated carbocycles. The van der Waals surface area contributed by atoms with E-state index in [2.05, 4.69) is 65.6 Å². The van der Waals surface area contributed by atoms with Crippen LogP contribution in [0.5, 0.6) is 0 Å². The molecule has 2 rings (SSSR count). The molecule has 130 valence electrons. The molecule has 0 saturated heterocycles. The lowest BCUT2D eigenvalue weighted by Crippen LogP contribution is -2.21. The monoisotopic (exact) mass is 327 g/mol. The number of nitrogens with zero attached hydrogens (tertiary/aromatic N) is 3. The van der Waals surface area contributed by atoms with E-state index in [1.807, 2.05) is 24.3 Å². The smallest absolute Gasteiger partial charge is 0.225 e. The number of hydrogen-bond acceptors (Lipinski definition) is 5. The van der Waals surface area contributed by atoms with Crippen molar-refractivity contribution in [2.45, 2.75) is 20.3 Å². The van der Waals surface area contributed by atoms with Gasteiger partial charge < -0.3 is 15.5 Å². The lowest BCUT2D eigenvalue weighted by atomic mass is 10.1. The largest absolute Gasteiger partial charge is 0.369 e. The fourth-order valence-corrected chi connectivity index (χ4v) is 2.25. The van der Waals surface area contributed by atoms with Crippen LogP contribution in [0.2, 0.25) is 0 Å². The first-order valence-electron chi connectivity index (χ1n) is 8.61. The van der Waals surface area contributed by atoms with Crippen molar-refractivity contribution in [2.75, 3.05) is 44.4 Å². The molecular formula is C19H29N5. The van der Waals surface area contributed by atoms with Crippen molar-refractivity contribution in [1.82, 2.24) is 14.9 Å². The zero-order valence-electron chi connectivity index (χ0n) is 15.2. The second-order valence-electron chi connectivity index (χ2n) is 6.67. The Kier molecular flexibility index (Phi) is 7.00. The van der Waals surface area contributed by atoms with Gasteiger partial charge in [0, 0.05) is 31.3 Å². The van der Waals surface area contributed by atoms with E-state index in [-0.39, 0.29) is 0 Å². The molecule has 0 amide bonds. The molecule has 1 aromatic carbocycles. The summed E-state index contributed by atoms with van der Waals surface area (Å²) >= 11 is 0. The van der Waals surface area contributed by atoms with Crippen LogP contribution in [0.3, 0.4) is 0 Å². The first kappa shape index (κ1) is 18.2. The highest BCUT2D eigenvalue weighted by Gasteiger charge is 2.07. The van der Waals surface area contributed by atoms with Crippen molar-refractivity contribution in [1.29, 1.82) is 0 Å². The van der Waals surface area contributed by atoms with Gasteiger partial charge in [-0.05, 0) is 26.4 Å². The molecule has 0 atom stereocenters. The molecule has 5 nitrogen and oxygen atoms in total. The number of hydrogen-bond donors (Lipinski definition) is 2. The van der Waals surface area contributed by atoms with Crippen molar-refractivity contribution in [3.05, 3.63) is 36.4 Å². The summed E-state index contributed by atoms with van der Waals surface area (Å²) in [7, 11) is 4.13. The van der Waals surface area contributed by atoms with Crippen LogP contribution in [0.4, 0.5) is 11.8 Å². The predicted molar refractivity (Wildman–Crippen MR) is 102 cm³/mol. The Morgan fingerprint density at radius 1 is 1.00 bits per heavy atom. The maximum absolute atomic E-state index is 4.67. The normalized spacial score (nSPS) is 11.1. The minimum atomic E-state index is 0.660. The summed E-state index contributed by atoms with van der Waals surface area (Å²) < 4.78 is 0. The average molecular weight is 327 g/mol. The maximum atomic E-state index is 4.67. The molecular weight excluding hydrogens is 298 g/mol. The number of aromatic nitrogens is 2. The average Bonchev–Trinajstić information content (AvgIpc) is 2.55. The van der Waals surface area contributed by atoms with Crippen molar-refractivity contribution >= 4 is 11.8 Å². The summed E-state index contributed by atoms with van der Waals surface area (Å²) in [5.74, 6) is 2.20. The Morgan fingerprint density at radius 3 is 2.42 bits per heavy atom. The Bertz CT molecular complexity index is 578. The predicted octanol–water partition coefficient (Wildman–Crippen LogP) is 3.58. The molecule has 0 unspecified atom stereocenters. The van der Waals surface area contributed by atoms with Crippen LogP contribution in [0.25, 0.3) is 11.3 Å². The fourth-order valence-electron chi connectivity index (χ4n) is 2.25. The quantitative estimate of drug-likeness (QED) is 0.737. The van der Waals surface area contributed by atoms with Crippen LogP contribution >= 0.6 is 0 Å². The first-order chi connectivity index (χ1) is 11.5. The molecule has 2 aromatic rings. The Morgan fingerprint density at radius 2 is 1.75 bits per heavy atom. The summed E-state index contributed by atoms with van der Waals surface area (Å²) in [6.07, 6.45) is 1.10. The van der Waals surface area contributed by atoms with E-state index in [4.69, 9.17) is 0 Å². The van der Waals surface area contributed by atoms with Gasteiger partial charge in [-0.15, -0.1) is 0 Å². The third-order valence-electron chi connectivity index (χ3n) is 3.67. The lowest BCUT2D eigenvalue weighted by molar-refractivity contribution is 0.425. The highest BCUT2D eigenvalue weighted by molar-refractivity contribution is 5.64. The Balaban J connectivity index is 2.16. The highest BCUT2D eigenvalue weighted by atomic mass is 15.2. The summed E-state index contributed by atoms with van der Waals surface area (Å²) in [6, 6.07) is 12.2. The summed E-state index contributed by atoms with van der Waals surface area (Å²) in [5.41, 5.74) is 2.03. The third kappa shape index (κ3) is 6.16. The molecule has 1 heterocycles. The van der Waals surface area contributed by atoms with Crippen LogP contribution in [-0.2, 0) is 0 Å². The molecule has 0 aliphatic heterocycles. The Hall–Kier alpha value is -2.14. The number of anilines is 2. The number of rotatable bonds is 9. The van der Waals surface area contributed by atoms with Gasteiger partial charge in [-0.2, -0.15) is 4.98 Å². The molecule has 0 aliphatic rings. The number of nitrogens with one attached hydrogen (secondary N) is 2. The molecule has 1 aromatic heterocycles. The van der Waals surface area contributed by atoms with Gasteiger partial charge in [-0.25, -0.2) is 4.98 Å². The van der Waals surface area contributed by atoms with Crippen molar-refractivity contribution < 1.29 is 0 Å². The molecule has 0 radical (unpaired) electrons. The zero-order chi connectivity index (χ0) is 17.4. The topological polar surface area (TPSA) is 53.1 Å². The number of likely N-dealkylation sites (N-methyl/N-ethyl adjacent to an activating group) is 1. The lowest BCUT2D eigenvalue weighted by Gasteiger charge is -2.14. The van der Waals surface area contributed by atoms with Gasteiger partial charge in [-0.3, -0.25) is 0 Å². The van der Waals surface area contributed by atoms with E-state index in [0.29, 0.717) is 11.9 Å². The van der Waals surface area contributed by atoms with Crippen LogP contribution in [0.1, 0.15) is 20.3 Å². The van der Waals surface area contributed by atoms with Crippen LogP contribution in [0, 0.1) is 5.92 Å². The van der Waals surface area contributed by atoms with Gasteiger partial charge in [0.25, 0.3) is 0 Å². The highest BCUT2D eigenvalue weighted by Crippen LogP contribution is 2.21. The van der Waals surface area contributed by atoms with Gasteiger partial charge in [0.2, 0.25) is 5.95 Å². The Labute approximate surface area is 145 Å². The molecule has 0 bridgehead atoms. The van der Waals surface area contributed by atoms with E-state index in [1.54, 1.807) is 0 Å². The van der Waals surface area contributed by atoms with Crippen molar-refractivity contribution in [2.24, 2.45) is 5.92 Å². The van der Waals surface area contributed by atoms with Gasteiger partial charge >= 0.3 is 0 Å². The SMILES string of the molecule is CC(C)CCNc1nc(NCCN(C)C)cc(-c2ccccc2)n1. The zero-order valence-corrected chi connectivity index (χ0v) is 15.2. The maximum Gasteiger partial charge on any atom is 0.225 e. The van der Waals surface area contributed by atoms with Crippen LogP contribution in [-0.4, -0.2) is 48.6 Å². The van der Waals surface area contributed by atoms with E-state index < -0.39 is 0 Å². The number of benzene rings is 1. The van der Waals surface area contributed by atoms with E-state index in [1.165, 1.54) is 0 Å². The molecule has 24 heavy (non-hydrogen) atoms. The van der Waals surface area contributed by atoms with Crippen LogP contribution in [0.15, 0.2) is 36.4 Å². The molecule has 5 heteroatoms. The minimum Gasteiger partial charge on any atom is -0.369 e. The molecule has 0 fully saturated rings. The van der Waals surface area contributed by atoms with Crippen LogP contribution < -0.4 is 10.6 Å². The van der Waals surface area contributed by atoms with Gasteiger partial charge in [0.05, 0.1) is 5.69 Å². The fraction of sp³-hybridized carbons (Fsp3) is 0.474. The van der Waals surface area contributed by atoms with E-state index >= 15 is 0 Å². The van der Waals surface area contributed by atoms with E-state index in [0.717, 1.165) is 43.1 Å². The van der Waals surface area contributed by atoms with Crippen molar-refractivity contribution in [3.63, 3.8) is 0 Å². The second kappa shape index (κ2) is 9.23. The summed E-state index contributed by atoms with van der Waals surface area (Å²) in [6.45, 7) is 7.13. The van der Waals surface area contributed by atoms with Gasteiger partial charge in [-0.1, -0.05) is 44.2 Å². The standard InChI is InChI=1S/C19H29N5/c1-15(2)10-11-21-19-22-17(16-8-6-5-7-9-16)14-18(23-19)20-12-13-24(3)4/h5-9,14-15H,10-13H2,1-4H3,(H2,20,21,22,23).